The molecule has 1 amide bonds. The van der Waals surface area contributed by atoms with Gasteiger partial charge in [-0.15, -0.1) is 0 Å². The molecule has 0 bridgehead atoms. The van der Waals surface area contributed by atoms with Crippen LogP contribution in [0.1, 0.15) is 38.8 Å². The Balaban J connectivity index is 2.78. The number of carbonyl (C=O) groups is 2. The highest BCUT2D eigenvalue weighted by molar-refractivity contribution is 6.30. The van der Waals surface area contributed by atoms with E-state index < -0.39 is 17.8 Å². The van der Waals surface area contributed by atoms with Gasteiger partial charge >= 0.3 is 5.97 Å². The van der Waals surface area contributed by atoms with Crippen molar-refractivity contribution in [2.75, 3.05) is 0 Å². The molecule has 110 valence electrons. The summed E-state index contributed by atoms with van der Waals surface area (Å²) in [5.74, 6) is -2.53. The molecule has 20 heavy (non-hydrogen) atoms. The van der Waals surface area contributed by atoms with Crippen LogP contribution in [0.4, 0.5) is 0 Å². The maximum atomic E-state index is 12.1. The maximum Gasteiger partial charge on any atom is 0.307 e. The van der Waals surface area contributed by atoms with Gasteiger partial charge in [-0.25, -0.2) is 0 Å². The molecule has 1 rings (SSSR count). The molecule has 0 saturated carbocycles. The third-order valence-corrected chi connectivity index (χ3v) is 3.76. The minimum atomic E-state index is -0.969. The van der Waals surface area contributed by atoms with Crippen LogP contribution in [-0.4, -0.2) is 17.0 Å². The van der Waals surface area contributed by atoms with Gasteiger partial charge in [0.15, 0.2) is 0 Å². The monoisotopic (exact) mass is 297 g/mol. The summed E-state index contributed by atoms with van der Waals surface area (Å²) in [6, 6.07) is 7.14. The number of benzene rings is 1. The van der Waals surface area contributed by atoms with Crippen LogP contribution < -0.4 is 5.32 Å². The van der Waals surface area contributed by atoms with Gasteiger partial charge < -0.3 is 10.4 Å². The smallest absolute Gasteiger partial charge is 0.307 e. The molecular weight excluding hydrogens is 278 g/mol. The van der Waals surface area contributed by atoms with Gasteiger partial charge in [0.05, 0.1) is 12.0 Å². The van der Waals surface area contributed by atoms with Crippen molar-refractivity contribution >= 4 is 23.5 Å². The maximum absolute atomic E-state index is 12.1. The molecule has 1 aromatic rings. The molecule has 3 unspecified atom stereocenters. The van der Waals surface area contributed by atoms with Crippen molar-refractivity contribution < 1.29 is 14.7 Å². The topological polar surface area (TPSA) is 66.4 Å². The first kappa shape index (κ1) is 16.5. The van der Waals surface area contributed by atoms with Gasteiger partial charge in [0.25, 0.3) is 0 Å². The Hall–Kier alpha value is -1.55. The molecule has 0 aliphatic rings. The Kier molecular flexibility index (Phi) is 6.02. The predicted molar refractivity (Wildman–Crippen MR) is 78.6 cm³/mol. The first-order valence-electron chi connectivity index (χ1n) is 6.65. The standard InChI is InChI=1S/C15H20ClNO3/c1-4-13(11-6-5-7-12(16)8-11)17-14(18)9(2)10(3)15(19)20/h5-10,13H,4H2,1-3H3,(H,17,18)(H,19,20). The third-order valence-electron chi connectivity index (χ3n) is 3.53. The van der Waals surface area contributed by atoms with Crippen molar-refractivity contribution in [2.45, 2.75) is 33.2 Å². The number of halogens is 1. The fraction of sp³-hybridized carbons (Fsp3) is 0.467. The second-order valence-electron chi connectivity index (χ2n) is 4.94. The number of carboxylic acid groups (broad SMARTS) is 1. The van der Waals surface area contributed by atoms with Crippen LogP contribution in [0.15, 0.2) is 24.3 Å². The lowest BCUT2D eigenvalue weighted by molar-refractivity contribution is -0.146. The molecule has 1 aromatic carbocycles. The van der Waals surface area contributed by atoms with Gasteiger partial charge in [-0.1, -0.05) is 44.5 Å². The number of carboxylic acids is 1. The molecule has 4 nitrogen and oxygen atoms in total. The van der Waals surface area contributed by atoms with Crippen LogP contribution in [0.5, 0.6) is 0 Å². The number of hydrogen-bond donors (Lipinski definition) is 2. The highest BCUT2D eigenvalue weighted by atomic mass is 35.5. The van der Waals surface area contributed by atoms with E-state index in [1.54, 1.807) is 19.1 Å². The zero-order chi connectivity index (χ0) is 15.3. The predicted octanol–water partition coefficient (Wildman–Crippen LogP) is 3.26. The fourth-order valence-electron chi connectivity index (χ4n) is 1.89. The highest BCUT2D eigenvalue weighted by Crippen LogP contribution is 2.21. The van der Waals surface area contributed by atoms with Crippen molar-refractivity contribution in [1.82, 2.24) is 5.32 Å². The average Bonchev–Trinajstić information content (AvgIpc) is 2.42. The summed E-state index contributed by atoms with van der Waals surface area (Å²) in [6.07, 6.45) is 0.709. The first-order chi connectivity index (χ1) is 9.36. The summed E-state index contributed by atoms with van der Waals surface area (Å²) in [5, 5.41) is 12.4. The van der Waals surface area contributed by atoms with Gasteiger partial charge in [0, 0.05) is 10.9 Å². The zero-order valence-electron chi connectivity index (χ0n) is 11.9. The van der Waals surface area contributed by atoms with Gasteiger partial charge in [0.2, 0.25) is 5.91 Å². The van der Waals surface area contributed by atoms with E-state index in [0.29, 0.717) is 11.4 Å². The number of rotatable bonds is 6. The Bertz CT molecular complexity index is 490. The van der Waals surface area contributed by atoms with Crippen molar-refractivity contribution in [3.63, 3.8) is 0 Å². The van der Waals surface area contributed by atoms with Crippen molar-refractivity contribution in [1.29, 1.82) is 0 Å². The summed E-state index contributed by atoms with van der Waals surface area (Å²) < 4.78 is 0. The lowest BCUT2D eigenvalue weighted by Gasteiger charge is -2.22. The molecule has 5 heteroatoms. The fourth-order valence-corrected chi connectivity index (χ4v) is 2.09. The molecule has 0 fully saturated rings. The van der Waals surface area contributed by atoms with Crippen LogP contribution in [0.3, 0.4) is 0 Å². The molecule has 3 atom stereocenters. The van der Waals surface area contributed by atoms with Gasteiger partial charge in [-0.3, -0.25) is 9.59 Å². The summed E-state index contributed by atoms with van der Waals surface area (Å²) in [4.78, 5) is 23.0. The van der Waals surface area contributed by atoms with Crippen LogP contribution in [-0.2, 0) is 9.59 Å². The van der Waals surface area contributed by atoms with Gasteiger partial charge in [-0.05, 0) is 24.1 Å². The third kappa shape index (κ3) is 4.23. The van der Waals surface area contributed by atoms with E-state index in [9.17, 15) is 9.59 Å². The van der Waals surface area contributed by atoms with E-state index >= 15 is 0 Å². The van der Waals surface area contributed by atoms with Crippen LogP contribution in [0.25, 0.3) is 0 Å². The number of nitrogens with one attached hydrogen (secondary N) is 1. The lowest BCUT2D eigenvalue weighted by atomic mass is 9.94. The Morgan fingerprint density at radius 1 is 1.30 bits per heavy atom. The molecule has 0 heterocycles. The number of aliphatic carboxylic acids is 1. The Morgan fingerprint density at radius 2 is 1.95 bits per heavy atom. The molecule has 0 aromatic heterocycles. The molecule has 0 saturated heterocycles. The van der Waals surface area contributed by atoms with E-state index in [2.05, 4.69) is 5.32 Å². The van der Waals surface area contributed by atoms with Crippen molar-refractivity contribution in [3.05, 3.63) is 34.9 Å². The Morgan fingerprint density at radius 3 is 2.45 bits per heavy atom. The van der Waals surface area contributed by atoms with E-state index in [1.165, 1.54) is 6.92 Å². The number of carbonyl (C=O) groups excluding carboxylic acids is 1. The highest BCUT2D eigenvalue weighted by Gasteiger charge is 2.27. The van der Waals surface area contributed by atoms with E-state index in [4.69, 9.17) is 16.7 Å². The summed E-state index contributed by atoms with van der Waals surface area (Å²) in [5.41, 5.74) is 0.920. The zero-order valence-corrected chi connectivity index (χ0v) is 12.6. The van der Waals surface area contributed by atoms with Gasteiger partial charge in [0.1, 0.15) is 0 Å². The first-order valence-corrected chi connectivity index (χ1v) is 7.03. The van der Waals surface area contributed by atoms with Crippen LogP contribution in [0.2, 0.25) is 5.02 Å². The second-order valence-corrected chi connectivity index (χ2v) is 5.38. The molecule has 0 aliphatic heterocycles. The second kappa shape index (κ2) is 7.29. The Labute approximate surface area is 124 Å². The normalized spacial score (nSPS) is 15.2. The average molecular weight is 298 g/mol. The number of hydrogen-bond acceptors (Lipinski definition) is 2. The number of amides is 1. The van der Waals surface area contributed by atoms with Crippen LogP contribution in [0, 0.1) is 11.8 Å². The minimum Gasteiger partial charge on any atom is -0.481 e. The van der Waals surface area contributed by atoms with E-state index in [0.717, 1.165) is 5.56 Å². The van der Waals surface area contributed by atoms with Crippen LogP contribution >= 0.6 is 11.6 Å². The van der Waals surface area contributed by atoms with E-state index in [1.807, 2.05) is 19.1 Å². The minimum absolute atomic E-state index is 0.162. The SMILES string of the molecule is CCC(NC(=O)C(C)C(C)C(=O)O)c1cccc(Cl)c1. The summed E-state index contributed by atoms with van der Waals surface area (Å²) in [7, 11) is 0. The van der Waals surface area contributed by atoms with E-state index in [-0.39, 0.29) is 11.9 Å². The molecule has 2 N–H and O–H groups in total. The molecule has 0 spiro atoms. The lowest BCUT2D eigenvalue weighted by Crippen LogP contribution is -2.37. The summed E-state index contributed by atoms with van der Waals surface area (Å²) >= 11 is 5.95. The van der Waals surface area contributed by atoms with Gasteiger partial charge in [-0.2, -0.15) is 0 Å². The molecule has 0 radical (unpaired) electrons. The summed E-state index contributed by atoms with van der Waals surface area (Å²) in [6.45, 7) is 5.11. The van der Waals surface area contributed by atoms with Crippen molar-refractivity contribution in [2.24, 2.45) is 11.8 Å². The largest absolute Gasteiger partial charge is 0.481 e. The quantitative estimate of drug-likeness (QED) is 0.847. The van der Waals surface area contributed by atoms with Crippen molar-refractivity contribution in [3.8, 4) is 0 Å². The molecular formula is C15H20ClNO3. The molecule has 0 aliphatic carbocycles.